The van der Waals surface area contributed by atoms with E-state index in [1.54, 1.807) is 24.4 Å². The zero-order valence-corrected chi connectivity index (χ0v) is 13.9. The fourth-order valence-electron chi connectivity index (χ4n) is 2.58. The van der Waals surface area contributed by atoms with Crippen LogP contribution in [-0.2, 0) is 16.1 Å². The van der Waals surface area contributed by atoms with Gasteiger partial charge in [0.05, 0.1) is 18.4 Å². The molecule has 0 aliphatic carbocycles. The molecule has 7 heteroatoms. The highest BCUT2D eigenvalue weighted by Crippen LogP contribution is 2.22. The number of anilines is 1. The lowest BCUT2D eigenvalue weighted by Crippen LogP contribution is -2.53. The first-order valence-corrected chi connectivity index (χ1v) is 8.11. The Balaban J connectivity index is 1.60. The number of aromatic nitrogens is 1. The minimum absolute atomic E-state index is 0.108. The summed E-state index contributed by atoms with van der Waals surface area (Å²) in [5.41, 5.74) is 1.07. The summed E-state index contributed by atoms with van der Waals surface area (Å²) in [5, 5.41) is 5.79. The maximum atomic E-state index is 14.2. The van der Waals surface area contributed by atoms with Gasteiger partial charge in [-0.2, -0.15) is 0 Å². The number of amides is 1. The molecule has 2 atom stereocenters. The van der Waals surface area contributed by atoms with Crippen LogP contribution in [0.5, 0.6) is 5.75 Å². The lowest BCUT2D eigenvalue weighted by molar-refractivity contribution is -0.123. The SMILES string of the molecule is C[C@H]1OCCN[C@@H]1C(=O)Nc1ccc(OCc2ccccn2)c(F)c1. The molecule has 6 nitrogen and oxygen atoms in total. The van der Waals surface area contributed by atoms with E-state index in [2.05, 4.69) is 15.6 Å². The first kappa shape index (κ1) is 17.3. The van der Waals surface area contributed by atoms with Gasteiger partial charge in [0.15, 0.2) is 11.6 Å². The van der Waals surface area contributed by atoms with E-state index < -0.39 is 11.9 Å². The van der Waals surface area contributed by atoms with Crippen molar-refractivity contribution in [1.82, 2.24) is 10.3 Å². The van der Waals surface area contributed by atoms with E-state index in [-0.39, 0.29) is 24.4 Å². The Labute approximate surface area is 145 Å². The number of nitrogens with zero attached hydrogens (tertiary/aromatic N) is 1. The molecule has 0 bridgehead atoms. The molecule has 1 saturated heterocycles. The van der Waals surface area contributed by atoms with Crippen molar-refractivity contribution in [1.29, 1.82) is 0 Å². The summed E-state index contributed by atoms with van der Waals surface area (Å²) < 4.78 is 25.1. The van der Waals surface area contributed by atoms with Gasteiger partial charge in [0.2, 0.25) is 5.91 Å². The molecule has 2 aromatic rings. The Bertz CT molecular complexity index is 727. The summed E-state index contributed by atoms with van der Waals surface area (Å²) in [6, 6.07) is 9.30. The molecule has 2 N–H and O–H groups in total. The second kappa shape index (κ2) is 8.04. The number of benzene rings is 1. The van der Waals surface area contributed by atoms with Crippen LogP contribution in [0.25, 0.3) is 0 Å². The van der Waals surface area contributed by atoms with Crippen LogP contribution < -0.4 is 15.4 Å². The van der Waals surface area contributed by atoms with Crippen molar-refractivity contribution in [2.24, 2.45) is 0 Å². The topological polar surface area (TPSA) is 72.5 Å². The molecule has 2 heterocycles. The summed E-state index contributed by atoms with van der Waals surface area (Å²) >= 11 is 0. The molecule has 0 radical (unpaired) electrons. The number of carbonyl (C=O) groups is 1. The van der Waals surface area contributed by atoms with Crippen molar-refractivity contribution in [3.63, 3.8) is 0 Å². The highest BCUT2D eigenvalue weighted by atomic mass is 19.1. The van der Waals surface area contributed by atoms with Gasteiger partial charge in [-0.3, -0.25) is 9.78 Å². The van der Waals surface area contributed by atoms with Gasteiger partial charge in [-0.15, -0.1) is 0 Å². The quantitative estimate of drug-likeness (QED) is 0.868. The standard InChI is InChI=1S/C18H20FN3O3/c1-12-17(21-8-9-24-12)18(23)22-13-5-6-16(15(19)10-13)25-11-14-4-2-3-7-20-14/h2-7,10,12,17,21H,8-9,11H2,1H3,(H,22,23)/t12-,17+/m1/s1. The summed E-state index contributed by atoms with van der Waals surface area (Å²) in [6.07, 6.45) is 1.41. The molecule has 0 spiro atoms. The minimum atomic E-state index is -0.547. The minimum Gasteiger partial charge on any atom is -0.484 e. The lowest BCUT2D eigenvalue weighted by Gasteiger charge is -2.29. The number of pyridine rings is 1. The molecule has 1 aromatic heterocycles. The molecule has 1 fully saturated rings. The van der Waals surface area contributed by atoms with Crippen molar-refractivity contribution < 1.29 is 18.7 Å². The van der Waals surface area contributed by atoms with E-state index in [1.165, 1.54) is 12.1 Å². The zero-order chi connectivity index (χ0) is 17.6. The number of halogens is 1. The summed E-state index contributed by atoms with van der Waals surface area (Å²) in [4.78, 5) is 16.4. The molecule has 1 aliphatic heterocycles. The van der Waals surface area contributed by atoms with Crippen LogP contribution in [0.2, 0.25) is 0 Å². The second-order valence-electron chi connectivity index (χ2n) is 5.75. The summed E-state index contributed by atoms with van der Waals surface area (Å²) in [5.74, 6) is -0.695. The lowest BCUT2D eigenvalue weighted by atomic mass is 10.1. The van der Waals surface area contributed by atoms with Crippen LogP contribution in [-0.4, -0.2) is 36.2 Å². The number of hydrogen-bond acceptors (Lipinski definition) is 5. The largest absolute Gasteiger partial charge is 0.484 e. The first-order valence-electron chi connectivity index (χ1n) is 8.11. The van der Waals surface area contributed by atoms with Gasteiger partial charge >= 0.3 is 0 Å². The highest BCUT2D eigenvalue weighted by Gasteiger charge is 2.28. The van der Waals surface area contributed by atoms with Gasteiger partial charge in [-0.05, 0) is 31.2 Å². The van der Waals surface area contributed by atoms with Gasteiger partial charge < -0.3 is 20.1 Å². The Morgan fingerprint density at radius 2 is 2.32 bits per heavy atom. The smallest absolute Gasteiger partial charge is 0.244 e. The molecule has 0 saturated carbocycles. The maximum Gasteiger partial charge on any atom is 0.244 e. The molecule has 1 aliphatic rings. The predicted molar refractivity (Wildman–Crippen MR) is 90.8 cm³/mol. The average molecular weight is 345 g/mol. The van der Waals surface area contributed by atoms with E-state index in [0.29, 0.717) is 24.5 Å². The van der Waals surface area contributed by atoms with Crippen molar-refractivity contribution in [2.45, 2.75) is 25.7 Å². The van der Waals surface area contributed by atoms with Gasteiger partial charge in [0.25, 0.3) is 0 Å². The monoisotopic (exact) mass is 345 g/mol. The molecular formula is C18H20FN3O3. The van der Waals surface area contributed by atoms with Crippen molar-refractivity contribution in [2.75, 3.05) is 18.5 Å². The highest BCUT2D eigenvalue weighted by molar-refractivity contribution is 5.95. The Morgan fingerprint density at radius 1 is 1.44 bits per heavy atom. The zero-order valence-electron chi connectivity index (χ0n) is 13.9. The second-order valence-corrected chi connectivity index (χ2v) is 5.75. The van der Waals surface area contributed by atoms with E-state index in [4.69, 9.17) is 9.47 Å². The van der Waals surface area contributed by atoms with Gasteiger partial charge in [-0.1, -0.05) is 6.07 Å². The molecule has 1 amide bonds. The fraction of sp³-hybridized carbons (Fsp3) is 0.333. The van der Waals surface area contributed by atoms with Crippen LogP contribution in [0.15, 0.2) is 42.6 Å². The predicted octanol–water partition coefficient (Wildman–Crippen LogP) is 2.12. The van der Waals surface area contributed by atoms with Gasteiger partial charge in [0.1, 0.15) is 12.6 Å². The van der Waals surface area contributed by atoms with Crippen LogP contribution in [0, 0.1) is 5.82 Å². The number of rotatable bonds is 5. The fourth-order valence-corrected chi connectivity index (χ4v) is 2.58. The van der Waals surface area contributed by atoms with E-state index >= 15 is 0 Å². The summed E-state index contributed by atoms with van der Waals surface area (Å²) in [7, 11) is 0. The van der Waals surface area contributed by atoms with E-state index in [1.807, 2.05) is 13.0 Å². The molecule has 3 rings (SSSR count). The van der Waals surface area contributed by atoms with Crippen molar-refractivity contribution in [3.05, 3.63) is 54.1 Å². The van der Waals surface area contributed by atoms with Gasteiger partial charge in [0, 0.05) is 24.5 Å². The van der Waals surface area contributed by atoms with Crippen LogP contribution in [0.3, 0.4) is 0 Å². The number of hydrogen-bond donors (Lipinski definition) is 2. The molecular weight excluding hydrogens is 325 g/mol. The van der Waals surface area contributed by atoms with Crippen LogP contribution in [0.4, 0.5) is 10.1 Å². The third kappa shape index (κ3) is 4.52. The summed E-state index contributed by atoms with van der Waals surface area (Å²) in [6.45, 7) is 3.18. The molecule has 0 unspecified atom stereocenters. The number of nitrogens with one attached hydrogen (secondary N) is 2. The molecule has 25 heavy (non-hydrogen) atoms. The third-order valence-corrected chi connectivity index (χ3v) is 3.90. The average Bonchev–Trinajstić information content (AvgIpc) is 2.62. The van der Waals surface area contributed by atoms with Crippen molar-refractivity contribution >= 4 is 11.6 Å². The maximum absolute atomic E-state index is 14.2. The Kier molecular flexibility index (Phi) is 5.57. The van der Waals surface area contributed by atoms with Crippen LogP contribution >= 0.6 is 0 Å². The van der Waals surface area contributed by atoms with Crippen LogP contribution in [0.1, 0.15) is 12.6 Å². The Morgan fingerprint density at radius 3 is 3.04 bits per heavy atom. The first-order chi connectivity index (χ1) is 12.1. The number of carbonyl (C=O) groups excluding carboxylic acids is 1. The van der Waals surface area contributed by atoms with Crippen molar-refractivity contribution in [3.8, 4) is 5.75 Å². The Hall–Kier alpha value is -2.51. The molecule has 132 valence electrons. The molecule has 1 aromatic carbocycles. The normalized spacial score (nSPS) is 20.1. The van der Waals surface area contributed by atoms with E-state index in [0.717, 1.165) is 0 Å². The van der Waals surface area contributed by atoms with Gasteiger partial charge in [-0.25, -0.2) is 4.39 Å². The van der Waals surface area contributed by atoms with E-state index in [9.17, 15) is 9.18 Å². The number of morpholine rings is 1. The number of ether oxygens (including phenoxy) is 2. The third-order valence-electron chi connectivity index (χ3n) is 3.90.